The number of sulfonamides is 1. The van der Waals surface area contributed by atoms with Gasteiger partial charge in [0.25, 0.3) is 0 Å². The van der Waals surface area contributed by atoms with E-state index in [4.69, 9.17) is 4.52 Å². The predicted molar refractivity (Wildman–Crippen MR) is 101 cm³/mol. The first-order valence-electron chi connectivity index (χ1n) is 9.03. The minimum absolute atomic E-state index is 0.376. The maximum absolute atomic E-state index is 12.9. The molecular weight excluding hydrogens is 350 g/mol. The van der Waals surface area contributed by atoms with Crippen molar-refractivity contribution in [3.05, 3.63) is 46.8 Å². The molecule has 1 aliphatic heterocycles. The summed E-state index contributed by atoms with van der Waals surface area (Å²) in [5.74, 6) is 1.22. The summed E-state index contributed by atoms with van der Waals surface area (Å²) in [7, 11) is -3.43. The summed E-state index contributed by atoms with van der Waals surface area (Å²) in [6, 6.07) is 7.26. The van der Waals surface area contributed by atoms with Crippen molar-refractivity contribution >= 4 is 10.0 Å². The van der Waals surface area contributed by atoms with E-state index in [1.54, 1.807) is 16.4 Å². The fraction of sp³-hybridized carbons (Fsp3) is 0.526. The van der Waals surface area contributed by atoms with E-state index in [9.17, 15) is 8.42 Å². The van der Waals surface area contributed by atoms with Gasteiger partial charge in [0.2, 0.25) is 10.0 Å². The molecule has 0 saturated carbocycles. The maximum Gasteiger partial charge on any atom is 0.243 e. The van der Waals surface area contributed by atoms with Gasteiger partial charge in [-0.05, 0) is 37.5 Å². The minimum atomic E-state index is -3.43. The number of aryl methyl sites for hydroxylation is 2. The van der Waals surface area contributed by atoms with Crippen LogP contribution in [0.3, 0.4) is 0 Å². The standard InChI is InChI=1S/C19H27N3O3S/c1-14(2)17-5-7-18(8-6-17)26(23,24)22-11-9-21(10-12-22)13-19-15(3)20-25-16(19)4/h5-8,14H,9-13H2,1-4H3. The Morgan fingerprint density at radius 1 is 1.08 bits per heavy atom. The molecule has 7 heteroatoms. The molecule has 0 unspecified atom stereocenters. The highest BCUT2D eigenvalue weighted by Gasteiger charge is 2.29. The molecule has 1 aromatic carbocycles. The third-order valence-corrected chi connectivity index (χ3v) is 6.99. The Balaban J connectivity index is 1.65. The molecule has 0 bridgehead atoms. The third kappa shape index (κ3) is 3.84. The Morgan fingerprint density at radius 3 is 2.19 bits per heavy atom. The average Bonchev–Trinajstić information content (AvgIpc) is 2.94. The molecule has 0 N–H and O–H groups in total. The molecule has 0 spiro atoms. The first kappa shape index (κ1) is 19.1. The van der Waals surface area contributed by atoms with Crippen molar-refractivity contribution < 1.29 is 12.9 Å². The zero-order chi connectivity index (χ0) is 18.9. The van der Waals surface area contributed by atoms with Crippen molar-refractivity contribution in [1.29, 1.82) is 0 Å². The Labute approximate surface area is 155 Å². The van der Waals surface area contributed by atoms with Crippen LogP contribution in [0.2, 0.25) is 0 Å². The second-order valence-electron chi connectivity index (χ2n) is 7.21. The normalized spacial score (nSPS) is 17.1. The fourth-order valence-corrected chi connectivity index (χ4v) is 4.68. The van der Waals surface area contributed by atoms with Crippen molar-refractivity contribution in [3.63, 3.8) is 0 Å². The van der Waals surface area contributed by atoms with Crippen LogP contribution >= 0.6 is 0 Å². The summed E-state index contributed by atoms with van der Waals surface area (Å²) in [5.41, 5.74) is 3.15. The molecule has 142 valence electrons. The monoisotopic (exact) mass is 377 g/mol. The molecule has 0 radical (unpaired) electrons. The molecule has 2 heterocycles. The van der Waals surface area contributed by atoms with Crippen LogP contribution in [0.25, 0.3) is 0 Å². The number of rotatable bonds is 5. The molecule has 2 aromatic rings. The van der Waals surface area contributed by atoms with Crippen molar-refractivity contribution in [2.75, 3.05) is 26.2 Å². The van der Waals surface area contributed by atoms with Gasteiger partial charge in [-0.1, -0.05) is 31.1 Å². The quantitative estimate of drug-likeness (QED) is 0.801. The van der Waals surface area contributed by atoms with Gasteiger partial charge in [-0.25, -0.2) is 8.42 Å². The largest absolute Gasteiger partial charge is 0.361 e. The molecular formula is C19H27N3O3S. The summed E-state index contributed by atoms with van der Waals surface area (Å²) in [6.07, 6.45) is 0. The highest BCUT2D eigenvalue weighted by Crippen LogP contribution is 2.22. The van der Waals surface area contributed by atoms with Gasteiger partial charge in [0, 0.05) is 38.3 Å². The first-order chi connectivity index (χ1) is 12.3. The van der Waals surface area contributed by atoms with Crippen LogP contribution in [0.5, 0.6) is 0 Å². The number of piperazine rings is 1. The summed E-state index contributed by atoms with van der Waals surface area (Å²) >= 11 is 0. The average molecular weight is 378 g/mol. The summed E-state index contributed by atoms with van der Waals surface area (Å²) in [4.78, 5) is 2.63. The van der Waals surface area contributed by atoms with E-state index in [0.29, 0.717) is 37.0 Å². The van der Waals surface area contributed by atoms with Crippen molar-refractivity contribution in [2.24, 2.45) is 0 Å². The van der Waals surface area contributed by atoms with Gasteiger partial charge >= 0.3 is 0 Å². The zero-order valence-electron chi connectivity index (χ0n) is 15.9. The first-order valence-corrected chi connectivity index (χ1v) is 10.5. The highest BCUT2D eigenvalue weighted by atomic mass is 32.2. The summed E-state index contributed by atoms with van der Waals surface area (Å²) in [5, 5.41) is 3.99. The van der Waals surface area contributed by atoms with Gasteiger partial charge < -0.3 is 4.52 Å². The predicted octanol–water partition coefficient (Wildman–Crippen LogP) is 2.92. The lowest BCUT2D eigenvalue weighted by Gasteiger charge is -2.33. The Bertz CT molecular complexity index is 829. The second kappa shape index (κ2) is 7.50. The minimum Gasteiger partial charge on any atom is -0.361 e. The Kier molecular flexibility index (Phi) is 5.50. The molecule has 1 saturated heterocycles. The van der Waals surface area contributed by atoms with Crippen LogP contribution in [0.1, 0.15) is 42.3 Å². The van der Waals surface area contributed by atoms with Crippen LogP contribution in [0, 0.1) is 13.8 Å². The number of hydrogen-bond acceptors (Lipinski definition) is 5. The second-order valence-corrected chi connectivity index (χ2v) is 9.14. The molecule has 26 heavy (non-hydrogen) atoms. The third-order valence-electron chi connectivity index (χ3n) is 5.08. The van der Waals surface area contributed by atoms with E-state index in [-0.39, 0.29) is 0 Å². The van der Waals surface area contributed by atoms with E-state index >= 15 is 0 Å². The van der Waals surface area contributed by atoms with Gasteiger partial charge in [0.15, 0.2) is 0 Å². The topological polar surface area (TPSA) is 66.7 Å². The molecule has 1 aliphatic rings. The molecule has 1 fully saturated rings. The van der Waals surface area contributed by atoms with E-state index in [1.807, 2.05) is 26.0 Å². The SMILES string of the molecule is Cc1noc(C)c1CN1CCN(S(=O)(=O)c2ccc(C(C)C)cc2)CC1. The van der Waals surface area contributed by atoms with Crippen LogP contribution < -0.4 is 0 Å². The number of nitrogens with zero attached hydrogens (tertiary/aromatic N) is 3. The van der Waals surface area contributed by atoms with E-state index in [2.05, 4.69) is 23.9 Å². The lowest BCUT2D eigenvalue weighted by Crippen LogP contribution is -2.48. The fourth-order valence-electron chi connectivity index (χ4n) is 3.25. The van der Waals surface area contributed by atoms with Gasteiger partial charge in [-0.15, -0.1) is 0 Å². The van der Waals surface area contributed by atoms with Crippen molar-refractivity contribution in [1.82, 2.24) is 14.4 Å². The van der Waals surface area contributed by atoms with Crippen LogP contribution in [-0.4, -0.2) is 49.0 Å². The Morgan fingerprint density at radius 2 is 1.69 bits per heavy atom. The van der Waals surface area contributed by atoms with E-state index in [0.717, 1.165) is 29.1 Å². The molecule has 6 nitrogen and oxygen atoms in total. The number of hydrogen-bond donors (Lipinski definition) is 0. The summed E-state index contributed by atoms with van der Waals surface area (Å²) in [6.45, 7) is 11.2. The molecule has 0 atom stereocenters. The number of benzene rings is 1. The molecule has 1 aromatic heterocycles. The van der Waals surface area contributed by atoms with Crippen LogP contribution in [0.15, 0.2) is 33.7 Å². The highest BCUT2D eigenvalue weighted by molar-refractivity contribution is 7.89. The van der Waals surface area contributed by atoms with Gasteiger partial charge in [0.1, 0.15) is 5.76 Å². The summed E-state index contributed by atoms with van der Waals surface area (Å²) < 4.78 is 32.6. The van der Waals surface area contributed by atoms with Gasteiger partial charge in [-0.2, -0.15) is 4.31 Å². The van der Waals surface area contributed by atoms with Gasteiger partial charge in [0.05, 0.1) is 10.6 Å². The molecule has 3 rings (SSSR count). The van der Waals surface area contributed by atoms with Crippen LogP contribution in [-0.2, 0) is 16.6 Å². The zero-order valence-corrected chi connectivity index (χ0v) is 16.7. The van der Waals surface area contributed by atoms with Crippen LogP contribution in [0.4, 0.5) is 0 Å². The molecule has 0 aliphatic carbocycles. The Hall–Kier alpha value is -1.70. The van der Waals surface area contributed by atoms with Crippen molar-refractivity contribution in [2.45, 2.75) is 45.1 Å². The maximum atomic E-state index is 12.9. The van der Waals surface area contributed by atoms with Crippen molar-refractivity contribution in [3.8, 4) is 0 Å². The number of aromatic nitrogens is 1. The van der Waals surface area contributed by atoms with Gasteiger partial charge in [-0.3, -0.25) is 4.90 Å². The molecule has 0 amide bonds. The lowest BCUT2D eigenvalue weighted by molar-refractivity contribution is 0.180. The smallest absolute Gasteiger partial charge is 0.243 e. The van der Waals surface area contributed by atoms with E-state index < -0.39 is 10.0 Å². The van der Waals surface area contributed by atoms with E-state index in [1.165, 1.54) is 0 Å². The lowest BCUT2D eigenvalue weighted by atomic mass is 10.0.